The number of carboxylic acids is 1. The zero-order valence-electron chi connectivity index (χ0n) is 20.0. The van der Waals surface area contributed by atoms with Crippen molar-refractivity contribution in [3.05, 3.63) is 0 Å². The maximum atomic E-state index is 13.0. The minimum atomic E-state index is -1.20. The van der Waals surface area contributed by atoms with Gasteiger partial charge in [0, 0.05) is 0 Å². The van der Waals surface area contributed by atoms with Gasteiger partial charge in [-0.3, -0.25) is 14.4 Å². The van der Waals surface area contributed by atoms with Crippen molar-refractivity contribution in [1.82, 2.24) is 16.0 Å². The van der Waals surface area contributed by atoms with Crippen LogP contribution in [0.3, 0.4) is 0 Å². The molecule has 11 nitrogen and oxygen atoms in total. The highest BCUT2D eigenvalue weighted by Gasteiger charge is 2.31. The summed E-state index contributed by atoms with van der Waals surface area (Å²) in [5.74, 6) is -2.43. The second-order valence-corrected chi connectivity index (χ2v) is 9.47. The van der Waals surface area contributed by atoms with Gasteiger partial charge in [0.25, 0.3) is 0 Å². The van der Waals surface area contributed by atoms with Crippen LogP contribution in [-0.4, -0.2) is 82.7 Å². The number of nitrogens with one attached hydrogen (secondary N) is 3. The average Bonchev–Trinajstić information content (AvgIpc) is 2.73. The molecule has 0 saturated heterocycles. The number of unbranched alkanes of at least 4 members (excludes halogenated alkanes) is 1. The van der Waals surface area contributed by atoms with Gasteiger partial charge in [0.1, 0.15) is 24.2 Å². The highest BCUT2D eigenvalue weighted by molar-refractivity contribution is 7.98. The number of carbonyl (C=O) groups excluding carboxylic acids is 3. The first-order valence-corrected chi connectivity index (χ1v) is 12.6. The van der Waals surface area contributed by atoms with Crippen LogP contribution in [0.4, 0.5) is 0 Å². The Bertz CT molecular complexity index is 634. The maximum absolute atomic E-state index is 13.0. The summed E-state index contributed by atoms with van der Waals surface area (Å²) >= 11 is 1.48. The van der Waals surface area contributed by atoms with Crippen LogP contribution in [0.5, 0.6) is 0 Å². The quantitative estimate of drug-likeness (QED) is 0.127. The van der Waals surface area contributed by atoms with Gasteiger partial charge in [-0.2, -0.15) is 11.8 Å². The Balaban J connectivity index is 5.41. The number of aliphatic carboxylic acids is 1. The van der Waals surface area contributed by atoms with Crippen molar-refractivity contribution in [3.8, 4) is 0 Å². The van der Waals surface area contributed by atoms with E-state index in [-0.39, 0.29) is 25.2 Å². The smallest absolute Gasteiger partial charge is 0.326 e. The Labute approximate surface area is 200 Å². The van der Waals surface area contributed by atoms with E-state index < -0.39 is 54.0 Å². The fourth-order valence-corrected chi connectivity index (χ4v) is 3.46. The Kier molecular flexibility index (Phi) is 15.7. The van der Waals surface area contributed by atoms with E-state index in [1.54, 1.807) is 0 Å². The molecule has 192 valence electrons. The summed E-state index contributed by atoms with van der Waals surface area (Å²) in [5.41, 5.74) is 11.1. The summed E-state index contributed by atoms with van der Waals surface area (Å²) in [7, 11) is 0. The summed E-state index contributed by atoms with van der Waals surface area (Å²) in [4.78, 5) is 49.6. The SMILES string of the molecule is CSCCC(NC(=O)C(N)C(C)O)C(=O)NC(CC(C)C)C(=O)NC(CCCCN)C(=O)O. The standard InChI is InChI=1S/C21H41N5O6S/c1-12(2)11-16(19(29)25-15(21(31)32)7-5-6-9-22)26-18(28)14(8-10-33-4)24-20(30)17(23)13(3)27/h12-17,27H,5-11,22-23H2,1-4H3,(H,24,30)(H,25,29)(H,26,28)(H,31,32). The van der Waals surface area contributed by atoms with E-state index in [1.807, 2.05) is 20.1 Å². The molecule has 0 aliphatic rings. The molecule has 0 aromatic heterocycles. The topological polar surface area (TPSA) is 197 Å². The van der Waals surface area contributed by atoms with Crippen molar-refractivity contribution in [1.29, 1.82) is 0 Å². The lowest BCUT2D eigenvalue weighted by Crippen LogP contribution is -2.58. The lowest BCUT2D eigenvalue weighted by Gasteiger charge is -2.26. The largest absolute Gasteiger partial charge is 0.480 e. The van der Waals surface area contributed by atoms with Gasteiger partial charge < -0.3 is 37.6 Å². The van der Waals surface area contributed by atoms with Gasteiger partial charge in [0.05, 0.1) is 6.10 Å². The molecular formula is C21H41N5O6S. The predicted octanol–water partition coefficient (Wildman–Crippen LogP) is -0.838. The minimum absolute atomic E-state index is 0.0319. The van der Waals surface area contributed by atoms with Gasteiger partial charge in [0.15, 0.2) is 0 Å². The molecule has 0 aliphatic heterocycles. The first-order valence-electron chi connectivity index (χ1n) is 11.2. The van der Waals surface area contributed by atoms with Gasteiger partial charge in [-0.05, 0) is 63.5 Å². The normalized spacial score (nSPS) is 15.8. The van der Waals surface area contributed by atoms with Gasteiger partial charge in [-0.1, -0.05) is 13.8 Å². The van der Waals surface area contributed by atoms with Gasteiger partial charge in [0.2, 0.25) is 17.7 Å². The predicted molar refractivity (Wildman–Crippen MR) is 128 cm³/mol. The number of nitrogens with two attached hydrogens (primary N) is 2. The number of aliphatic hydroxyl groups is 1. The number of carbonyl (C=O) groups is 4. The van der Waals surface area contributed by atoms with Crippen LogP contribution in [0.15, 0.2) is 0 Å². The number of amides is 3. The third kappa shape index (κ3) is 12.8. The zero-order chi connectivity index (χ0) is 25.6. The number of hydrogen-bond acceptors (Lipinski definition) is 8. The minimum Gasteiger partial charge on any atom is -0.480 e. The number of rotatable bonds is 17. The summed E-state index contributed by atoms with van der Waals surface area (Å²) in [5, 5.41) is 26.7. The molecule has 0 aliphatic carbocycles. The maximum Gasteiger partial charge on any atom is 0.326 e. The lowest BCUT2D eigenvalue weighted by molar-refractivity contribution is -0.142. The molecule has 0 radical (unpaired) electrons. The van der Waals surface area contributed by atoms with E-state index in [1.165, 1.54) is 18.7 Å². The number of aliphatic hydroxyl groups excluding tert-OH is 1. The second-order valence-electron chi connectivity index (χ2n) is 8.48. The van der Waals surface area contributed by atoms with Crippen LogP contribution in [-0.2, 0) is 19.2 Å². The third-order valence-electron chi connectivity index (χ3n) is 4.97. The van der Waals surface area contributed by atoms with E-state index in [0.717, 1.165) is 0 Å². The van der Waals surface area contributed by atoms with E-state index >= 15 is 0 Å². The molecule has 0 rings (SSSR count). The molecule has 0 aromatic carbocycles. The van der Waals surface area contributed by atoms with Gasteiger partial charge in [-0.15, -0.1) is 0 Å². The van der Waals surface area contributed by atoms with Crippen molar-refractivity contribution in [2.45, 2.75) is 83.1 Å². The molecule has 5 unspecified atom stereocenters. The Hall–Kier alpha value is -1.89. The van der Waals surface area contributed by atoms with Crippen LogP contribution in [0.25, 0.3) is 0 Å². The highest BCUT2D eigenvalue weighted by Crippen LogP contribution is 2.09. The number of carboxylic acid groups (broad SMARTS) is 1. The molecule has 33 heavy (non-hydrogen) atoms. The number of hydrogen-bond donors (Lipinski definition) is 7. The van der Waals surface area contributed by atoms with Crippen molar-refractivity contribution < 1.29 is 29.4 Å². The van der Waals surface area contributed by atoms with Gasteiger partial charge in [-0.25, -0.2) is 4.79 Å². The molecular weight excluding hydrogens is 450 g/mol. The van der Waals surface area contributed by atoms with Gasteiger partial charge >= 0.3 is 5.97 Å². The molecule has 12 heteroatoms. The second kappa shape index (κ2) is 16.7. The summed E-state index contributed by atoms with van der Waals surface area (Å²) in [6.07, 6.45) is 2.73. The average molecular weight is 492 g/mol. The summed E-state index contributed by atoms with van der Waals surface area (Å²) < 4.78 is 0. The van der Waals surface area contributed by atoms with Crippen molar-refractivity contribution in [2.75, 3.05) is 18.6 Å². The summed E-state index contributed by atoms with van der Waals surface area (Å²) in [6.45, 7) is 5.54. The molecule has 0 bridgehead atoms. The molecule has 0 heterocycles. The Morgan fingerprint density at radius 2 is 1.42 bits per heavy atom. The first kappa shape index (κ1) is 31.1. The zero-order valence-corrected chi connectivity index (χ0v) is 20.8. The highest BCUT2D eigenvalue weighted by atomic mass is 32.2. The molecule has 0 saturated carbocycles. The Morgan fingerprint density at radius 3 is 1.91 bits per heavy atom. The van der Waals surface area contributed by atoms with E-state index in [2.05, 4.69) is 16.0 Å². The van der Waals surface area contributed by atoms with Crippen molar-refractivity contribution in [3.63, 3.8) is 0 Å². The van der Waals surface area contributed by atoms with Crippen molar-refractivity contribution in [2.24, 2.45) is 17.4 Å². The Morgan fingerprint density at radius 1 is 0.879 bits per heavy atom. The molecule has 0 spiro atoms. The fourth-order valence-electron chi connectivity index (χ4n) is 2.99. The van der Waals surface area contributed by atoms with Crippen molar-refractivity contribution >= 4 is 35.5 Å². The van der Waals surface area contributed by atoms with E-state index in [0.29, 0.717) is 25.1 Å². The van der Waals surface area contributed by atoms with Crippen LogP contribution >= 0.6 is 11.8 Å². The van der Waals surface area contributed by atoms with Crippen LogP contribution < -0.4 is 27.4 Å². The molecule has 0 aromatic rings. The fraction of sp³-hybridized carbons (Fsp3) is 0.810. The van der Waals surface area contributed by atoms with Crippen LogP contribution in [0.2, 0.25) is 0 Å². The molecule has 0 fully saturated rings. The monoisotopic (exact) mass is 491 g/mol. The molecule has 3 amide bonds. The van der Waals surface area contributed by atoms with Crippen LogP contribution in [0.1, 0.15) is 52.9 Å². The lowest BCUT2D eigenvalue weighted by atomic mass is 10.0. The molecule has 9 N–H and O–H groups in total. The number of thioether (sulfide) groups is 1. The van der Waals surface area contributed by atoms with E-state index in [4.69, 9.17) is 11.5 Å². The van der Waals surface area contributed by atoms with E-state index in [9.17, 15) is 29.4 Å². The molecule has 5 atom stereocenters. The summed E-state index contributed by atoms with van der Waals surface area (Å²) in [6, 6.07) is -4.23. The van der Waals surface area contributed by atoms with Crippen LogP contribution in [0, 0.1) is 5.92 Å². The third-order valence-corrected chi connectivity index (χ3v) is 5.61. The first-order chi connectivity index (χ1) is 15.4.